The minimum absolute atomic E-state index is 0.0976. The Bertz CT molecular complexity index is 1140. The molecule has 3 aromatic rings. The molecule has 1 heterocycles. The van der Waals surface area contributed by atoms with E-state index < -0.39 is 10.5 Å². The third-order valence-electron chi connectivity index (χ3n) is 4.63. The van der Waals surface area contributed by atoms with E-state index in [-0.39, 0.29) is 52.9 Å². The summed E-state index contributed by atoms with van der Waals surface area (Å²) in [5.74, 6) is -0.603. The number of nitrogens with one attached hydrogen (secondary N) is 1. The summed E-state index contributed by atoms with van der Waals surface area (Å²) in [7, 11) is 0. The molecule has 0 aliphatic heterocycles. The van der Waals surface area contributed by atoms with Gasteiger partial charge in [0.25, 0.3) is 0 Å². The number of hydrogen-bond acceptors (Lipinski definition) is 8. The number of carbonyl (C=O) groups excluding carboxylic acids is 1. The molecule has 0 saturated carbocycles. The number of H-pyrrole nitrogens is 1. The number of nitrogens with zero attached hydrogens (tertiary/aromatic N) is 1. The summed E-state index contributed by atoms with van der Waals surface area (Å²) < 4.78 is 3.79. The van der Waals surface area contributed by atoms with Crippen LogP contribution in [0.5, 0.6) is 11.5 Å². The van der Waals surface area contributed by atoms with E-state index in [1.54, 1.807) is 12.1 Å². The zero-order chi connectivity index (χ0) is 22.8. The number of benzene rings is 2. The minimum Gasteiger partial charge on any atom is -0.507 e. The number of aromatic amines is 1. The van der Waals surface area contributed by atoms with Gasteiger partial charge >= 0.3 is 5.97 Å². The zero-order valence-electron chi connectivity index (χ0n) is 16.3. The Kier molecular flexibility index (Phi) is 6.34. The molecule has 0 aliphatic carbocycles. The number of carbonyl (C=O) groups is 1. The molecule has 0 saturated heterocycles. The monoisotopic (exact) mass is 488 g/mol. The lowest BCUT2D eigenvalue weighted by Crippen LogP contribution is -2.28. The number of esters is 1. The standard InChI is InChI=1S/C21H21BrN4O5/c1-11(19-25-8-17(26-19)21(22,30)10-23)14-7-12(5-6-15(14)27)20(29)31-9-13-3-2-4-16(28)18(13)24/h2-8,27-28,30H,1,9-10,23-24H2,(H,25,26)/t21-/m1/s1. The molecule has 0 radical (unpaired) electrons. The van der Waals surface area contributed by atoms with E-state index in [2.05, 4.69) is 32.5 Å². The molecule has 2 aromatic carbocycles. The van der Waals surface area contributed by atoms with E-state index in [1.165, 1.54) is 30.5 Å². The quantitative estimate of drug-likeness (QED) is 0.127. The van der Waals surface area contributed by atoms with Crippen LogP contribution in [-0.2, 0) is 15.9 Å². The number of phenolic OH excluding ortho intramolecular Hbond substituents is 2. The van der Waals surface area contributed by atoms with Crippen LogP contribution in [0, 0.1) is 0 Å². The molecule has 9 nitrogen and oxygen atoms in total. The summed E-state index contributed by atoms with van der Waals surface area (Å²) >= 11 is 3.09. The molecular formula is C21H21BrN4O5. The molecule has 1 aromatic heterocycles. The van der Waals surface area contributed by atoms with Gasteiger partial charge < -0.3 is 36.5 Å². The van der Waals surface area contributed by atoms with Gasteiger partial charge in [-0.1, -0.05) is 18.7 Å². The Morgan fingerprint density at radius 3 is 2.71 bits per heavy atom. The van der Waals surface area contributed by atoms with Crippen molar-refractivity contribution in [2.24, 2.45) is 5.73 Å². The molecule has 0 bridgehead atoms. The number of para-hydroxylation sites is 1. The summed E-state index contributed by atoms with van der Waals surface area (Å²) in [4.78, 5) is 19.5. The van der Waals surface area contributed by atoms with E-state index in [0.29, 0.717) is 11.3 Å². The van der Waals surface area contributed by atoms with Crippen LogP contribution in [-0.4, -0.2) is 37.8 Å². The fraction of sp³-hybridized carbons (Fsp3) is 0.143. The van der Waals surface area contributed by atoms with Crippen molar-refractivity contribution in [2.75, 3.05) is 12.3 Å². The number of hydrogen-bond donors (Lipinski definition) is 6. The Balaban J connectivity index is 1.80. The second-order valence-electron chi connectivity index (χ2n) is 6.75. The molecule has 0 fully saturated rings. The van der Waals surface area contributed by atoms with Crippen molar-refractivity contribution >= 4 is 33.2 Å². The Labute approximate surface area is 186 Å². The zero-order valence-corrected chi connectivity index (χ0v) is 17.9. The number of anilines is 1. The van der Waals surface area contributed by atoms with Gasteiger partial charge in [-0.15, -0.1) is 0 Å². The first kappa shape index (κ1) is 22.3. The van der Waals surface area contributed by atoms with Crippen LogP contribution in [0.2, 0.25) is 0 Å². The first-order valence-electron chi connectivity index (χ1n) is 9.07. The largest absolute Gasteiger partial charge is 0.507 e. The van der Waals surface area contributed by atoms with Crippen LogP contribution in [0.1, 0.15) is 33.0 Å². The second kappa shape index (κ2) is 8.80. The van der Waals surface area contributed by atoms with E-state index >= 15 is 0 Å². The first-order valence-corrected chi connectivity index (χ1v) is 9.86. The third-order valence-corrected chi connectivity index (χ3v) is 5.39. The molecule has 0 amide bonds. The second-order valence-corrected chi connectivity index (χ2v) is 8.06. The van der Waals surface area contributed by atoms with Gasteiger partial charge in [0.1, 0.15) is 23.9 Å². The summed E-state index contributed by atoms with van der Waals surface area (Å²) in [6.07, 6.45) is 1.39. The summed E-state index contributed by atoms with van der Waals surface area (Å²) in [5, 5.41) is 30.1. The molecule has 31 heavy (non-hydrogen) atoms. The minimum atomic E-state index is -1.49. The molecule has 0 unspecified atom stereocenters. The van der Waals surface area contributed by atoms with Gasteiger partial charge in [-0.05, 0) is 40.2 Å². The number of alkyl halides is 1. The molecule has 3 rings (SSSR count). The highest BCUT2D eigenvalue weighted by molar-refractivity contribution is 9.09. The van der Waals surface area contributed by atoms with Gasteiger partial charge in [-0.3, -0.25) is 0 Å². The molecule has 1 atom stereocenters. The van der Waals surface area contributed by atoms with Crippen molar-refractivity contribution in [3.63, 3.8) is 0 Å². The highest BCUT2D eigenvalue weighted by atomic mass is 79.9. The van der Waals surface area contributed by atoms with E-state index in [1.807, 2.05) is 0 Å². The Morgan fingerprint density at radius 2 is 2.00 bits per heavy atom. The summed E-state index contributed by atoms with van der Waals surface area (Å²) in [6.45, 7) is 3.68. The Hall–Kier alpha value is -3.34. The lowest BCUT2D eigenvalue weighted by Gasteiger charge is -2.16. The Morgan fingerprint density at radius 1 is 1.26 bits per heavy atom. The molecule has 0 aliphatic rings. The van der Waals surface area contributed by atoms with E-state index in [9.17, 15) is 20.1 Å². The van der Waals surface area contributed by atoms with Gasteiger partial charge in [0.2, 0.25) is 0 Å². The van der Waals surface area contributed by atoms with Crippen molar-refractivity contribution in [2.45, 2.75) is 11.1 Å². The van der Waals surface area contributed by atoms with Gasteiger partial charge in [-0.2, -0.15) is 0 Å². The number of nitrogen functional groups attached to an aromatic ring is 1. The van der Waals surface area contributed by atoms with Crippen LogP contribution in [0.4, 0.5) is 5.69 Å². The lowest BCUT2D eigenvalue weighted by molar-refractivity contribution is 0.0473. The average molecular weight is 489 g/mol. The molecule has 162 valence electrons. The average Bonchev–Trinajstić information content (AvgIpc) is 3.25. The highest BCUT2D eigenvalue weighted by Crippen LogP contribution is 2.32. The number of aliphatic hydroxyl groups is 1. The van der Waals surface area contributed by atoms with Crippen LogP contribution < -0.4 is 11.5 Å². The smallest absolute Gasteiger partial charge is 0.338 e. The predicted molar refractivity (Wildman–Crippen MR) is 118 cm³/mol. The topological polar surface area (TPSA) is 168 Å². The fourth-order valence-corrected chi connectivity index (χ4v) is 2.96. The van der Waals surface area contributed by atoms with Crippen molar-refractivity contribution in [3.05, 3.63) is 77.4 Å². The number of aromatic hydroxyl groups is 2. The number of aromatic nitrogens is 2. The number of imidazole rings is 1. The number of ether oxygens (including phenoxy) is 1. The van der Waals surface area contributed by atoms with Gasteiger partial charge in [0, 0.05) is 23.2 Å². The van der Waals surface area contributed by atoms with Gasteiger partial charge in [-0.25, -0.2) is 9.78 Å². The number of nitrogens with two attached hydrogens (primary N) is 2. The third kappa shape index (κ3) is 4.71. The van der Waals surface area contributed by atoms with Crippen molar-refractivity contribution in [1.29, 1.82) is 0 Å². The predicted octanol–water partition coefficient (Wildman–Crippen LogP) is 2.32. The van der Waals surface area contributed by atoms with Crippen LogP contribution in [0.15, 0.2) is 49.2 Å². The van der Waals surface area contributed by atoms with Gasteiger partial charge in [0.15, 0.2) is 4.51 Å². The maximum atomic E-state index is 12.5. The lowest BCUT2D eigenvalue weighted by atomic mass is 10.0. The number of rotatable bonds is 7. The number of halogens is 1. The maximum Gasteiger partial charge on any atom is 0.338 e. The van der Waals surface area contributed by atoms with Gasteiger partial charge in [0.05, 0.1) is 23.1 Å². The highest BCUT2D eigenvalue weighted by Gasteiger charge is 2.26. The van der Waals surface area contributed by atoms with Crippen LogP contribution in [0.25, 0.3) is 5.57 Å². The first-order chi connectivity index (χ1) is 14.6. The molecule has 0 spiro atoms. The maximum absolute atomic E-state index is 12.5. The SMILES string of the molecule is C=C(c1ncc([C@@](O)(Br)CN)[nH]1)c1cc(C(=O)OCc2cccc(O)c2N)ccc1O. The van der Waals surface area contributed by atoms with Crippen molar-refractivity contribution in [1.82, 2.24) is 9.97 Å². The van der Waals surface area contributed by atoms with E-state index in [0.717, 1.165) is 0 Å². The number of phenols is 2. The molecule has 8 N–H and O–H groups in total. The molecule has 10 heteroatoms. The van der Waals surface area contributed by atoms with Crippen LogP contribution >= 0.6 is 15.9 Å². The summed E-state index contributed by atoms with van der Waals surface area (Å²) in [5.41, 5.74) is 12.9. The fourth-order valence-electron chi connectivity index (χ4n) is 2.76. The van der Waals surface area contributed by atoms with Crippen molar-refractivity contribution < 1.29 is 24.9 Å². The summed E-state index contributed by atoms with van der Waals surface area (Å²) in [6, 6.07) is 8.81. The normalized spacial score (nSPS) is 12.9. The molecular weight excluding hydrogens is 468 g/mol. The van der Waals surface area contributed by atoms with Crippen molar-refractivity contribution in [3.8, 4) is 11.5 Å². The van der Waals surface area contributed by atoms with E-state index in [4.69, 9.17) is 16.2 Å². The van der Waals surface area contributed by atoms with Crippen LogP contribution in [0.3, 0.4) is 0 Å².